The van der Waals surface area contributed by atoms with Gasteiger partial charge in [0.25, 0.3) is 5.91 Å². The number of ether oxygens (including phenoxy) is 1. The fourth-order valence-electron chi connectivity index (χ4n) is 2.98. The highest BCUT2D eigenvalue weighted by atomic mass is 16.5. The first-order valence-corrected chi connectivity index (χ1v) is 8.45. The minimum atomic E-state index is -0.0782. The smallest absolute Gasteiger partial charge is 0.251 e. The van der Waals surface area contributed by atoms with Gasteiger partial charge in [0.1, 0.15) is 11.6 Å². The van der Waals surface area contributed by atoms with E-state index in [1.54, 1.807) is 13.2 Å². The largest absolute Gasteiger partial charge is 0.496 e. The zero-order valence-corrected chi connectivity index (χ0v) is 14.9. The lowest BCUT2D eigenvalue weighted by Gasteiger charge is -2.10. The Labute approximate surface area is 147 Å². The predicted octanol–water partition coefficient (Wildman–Crippen LogP) is 3.48. The van der Waals surface area contributed by atoms with Gasteiger partial charge in [-0.2, -0.15) is 0 Å². The van der Waals surface area contributed by atoms with E-state index in [9.17, 15) is 4.79 Å². The quantitative estimate of drug-likeness (QED) is 0.701. The third-order valence-corrected chi connectivity index (χ3v) is 4.36. The first-order valence-electron chi connectivity index (χ1n) is 8.45. The highest BCUT2D eigenvalue weighted by molar-refractivity contribution is 5.94. The Hall–Kier alpha value is -2.82. The van der Waals surface area contributed by atoms with E-state index >= 15 is 0 Å². The molecule has 2 aromatic carbocycles. The Bertz CT molecular complexity index is 899. The minimum absolute atomic E-state index is 0.0782. The summed E-state index contributed by atoms with van der Waals surface area (Å²) in [5, 5.41) is 2.97. The number of nitrogens with one attached hydrogen (secondary N) is 1. The van der Waals surface area contributed by atoms with Crippen molar-refractivity contribution in [2.45, 2.75) is 26.8 Å². The van der Waals surface area contributed by atoms with E-state index in [2.05, 4.69) is 20.9 Å². The fourth-order valence-corrected chi connectivity index (χ4v) is 2.98. The molecule has 0 saturated carbocycles. The summed E-state index contributed by atoms with van der Waals surface area (Å²) in [6.45, 7) is 5.40. The number of aromatic nitrogens is 2. The third kappa shape index (κ3) is 3.65. The number of benzene rings is 2. The van der Waals surface area contributed by atoms with Crippen LogP contribution in [0.2, 0.25) is 0 Å². The van der Waals surface area contributed by atoms with Crippen LogP contribution < -0.4 is 10.1 Å². The van der Waals surface area contributed by atoms with Crippen molar-refractivity contribution < 1.29 is 9.53 Å². The number of amides is 1. The molecule has 1 N–H and O–H groups in total. The van der Waals surface area contributed by atoms with E-state index in [-0.39, 0.29) is 5.91 Å². The maximum absolute atomic E-state index is 12.3. The van der Waals surface area contributed by atoms with E-state index in [1.807, 2.05) is 44.2 Å². The van der Waals surface area contributed by atoms with Crippen LogP contribution in [0.25, 0.3) is 11.0 Å². The Morgan fingerprint density at radius 1 is 1.20 bits per heavy atom. The molecule has 3 aromatic rings. The molecular formula is C20H23N3O2. The van der Waals surface area contributed by atoms with E-state index in [0.717, 1.165) is 41.1 Å². The zero-order valence-electron chi connectivity index (χ0n) is 14.9. The number of nitrogens with zero attached hydrogens (tertiary/aromatic N) is 2. The van der Waals surface area contributed by atoms with Gasteiger partial charge in [-0.05, 0) is 50.1 Å². The second-order valence-corrected chi connectivity index (χ2v) is 6.09. The normalized spacial score (nSPS) is 10.8. The molecule has 0 saturated heterocycles. The van der Waals surface area contributed by atoms with Crippen LogP contribution in [0.3, 0.4) is 0 Å². The van der Waals surface area contributed by atoms with E-state index in [1.165, 1.54) is 0 Å². The van der Waals surface area contributed by atoms with Crippen molar-refractivity contribution in [1.82, 2.24) is 14.9 Å². The monoisotopic (exact) mass is 337 g/mol. The molecule has 1 heterocycles. The van der Waals surface area contributed by atoms with Crippen LogP contribution in [0.5, 0.6) is 5.75 Å². The second kappa shape index (κ2) is 7.38. The number of hydrogen-bond acceptors (Lipinski definition) is 3. The zero-order chi connectivity index (χ0) is 17.8. The first-order chi connectivity index (χ1) is 12.1. The molecule has 0 aliphatic rings. The van der Waals surface area contributed by atoms with Crippen LogP contribution in [0.4, 0.5) is 0 Å². The summed E-state index contributed by atoms with van der Waals surface area (Å²) in [6, 6.07) is 13.6. The van der Waals surface area contributed by atoms with Crippen molar-refractivity contribution in [3.63, 3.8) is 0 Å². The number of imidazole rings is 1. The van der Waals surface area contributed by atoms with Crippen molar-refractivity contribution >= 4 is 16.9 Å². The number of rotatable bonds is 6. The highest BCUT2D eigenvalue weighted by Gasteiger charge is 2.09. The van der Waals surface area contributed by atoms with Gasteiger partial charge in [-0.3, -0.25) is 4.79 Å². The van der Waals surface area contributed by atoms with Crippen molar-refractivity contribution in [3.05, 3.63) is 59.4 Å². The summed E-state index contributed by atoms with van der Waals surface area (Å²) in [5.74, 6) is 1.65. The summed E-state index contributed by atoms with van der Waals surface area (Å²) in [5.41, 5.74) is 3.78. The Balaban J connectivity index is 1.58. The number of hydrogen-bond donors (Lipinski definition) is 1. The van der Waals surface area contributed by atoms with E-state index < -0.39 is 0 Å². The average molecular weight is 337 g/mol. The molecular weight excluding hydrogens is 314 g/mol. The molecule has 0 aliphatic heterocycles. The lowest BCUT2D eigenvalue weighted by atomic mass is 10.1. The molecule has 130 valence electrons. The lowest BCUT2D eigenvalue weighted by Crippen LogP contribution is -2.25. The van der Waals surface area contributed by atoms with Crippen LogP contribution in [0, 0.1) is 13.8 Å². The summed E-state index contributed by atoms with van der Waals surface area (Å²) < 4.78 is 7.47. The molecule has 5 nitrogen and oxygen atoms in total. The molecule has 1 aromatic heterocycles. The molecule has 0 radical (unpaired) electrons. The second-order valence-electron chi connectivity index (χ2n) is 6.09. The maximum Gasteiger partial charge on any atom is 0.251 e. The van der Waals surface area contributed by atoms with Gasteiger partial charge < -0.3 is 14.6 Å². The molecule has 0 unspecified atom stereocenters. The minimum Gasteiger partial charge on any atom is -0.496 e. The number of methoxy groups -OCH3 is 1. The molecule has 0 spiro atoms. The fraction of sp³-hybridized carbons (Fsp3) is 0.300. The molecule has 3 rings (SSSR count). The highest BCUT2D eigenvalue weighted by Crippen LogP contribution is 2.19. The van der Waals surface area contributed by atoms with E-state index in [4.69, 9.17) is 4.74 Å². The molecule has 1 amide bonds. The van der Waals surface area contributed by atoms with Gasteiger partial charge in [-0.15, -0.1) is 0 Å². The van der Waals surface area contributed by atoms with Crippen molar-refractivity contribution in [1.29, 1.82) is 0 Å². The number of aryl methyl sites for hydroxylation is 3. The van der Waals surface area contributed by atoms with Crippen LogP contribution >= 0.6 is 0 Å². The Kier molecular flexibility index (Phi) is 5.03. The summed E-state index contributed by atoms with van der Waals surface area (Å²) in [4.78, 5) is 16.8. The Morgan fingerprint density at radius 3 is 2.80 bits per heavy atom. The van der Waals surface area contributed by atoms with E-state index in [0.29, 0.717) is 12.1 Å². The molecule has 0 atom stereocenters. The van der Waals surface area contributed by atoms with Crippen molar-refractivity contribution in [2.75, 3.05) is 13.7 Å². The molecule has 25 heavy (non-hydrogen) atoms. The Morgan fingerprint density at radius 2 is 2.00 bits per heavy atom. The van der Waals surface area contributed by atoms with Gasteiger partial charge in [0.2, 0.25) is 0 Å². The third-order valence-electron chi connectivity index (χ3n) is 4.36. The van der Waals surface area contributed by atoms with Crippen LogP contribution in [-0.2, 0) is 6.54 Å². The number of carbonyl (C=O) groups excluding carboxylic acids is 1. The van der Waals surface area contributed by atoms with Gasteiger partial charge in [-0.1, -0.05) is 18.2 Å². The van der Waals surface area contributed by atoms with Gasteiger partial charge >= 0.3 is 0 Å². The summed E-state index contributed by atoms with van der Waals surface area (Å²) >= 11 is 0. The SMILES string of the molecule is COc1cc(C(=O)NCCCn2c(C)nc3ccccc32)ccc1C. The number of para-hydroxylation sites is 2. The number of fused-ring (bicyclic) bond motifs is 1. The van der Waals surface area contributed by atoms with Crippen LogP contribution in [0.15, 0.2) is 42.5 Å². The van der Waals surface area contributed by atoms with Gasteiger partial charge in [-0.25, -0.2) is 4.98 Å². The predicted molar refractivity (Wildman–Crippen MR) is 99.2 cm³/mol. The van der Waals surface area contributed by atoms with Crippen molar-refractivity contribution in [3.8, 4) is 5.75 Å². The lowest BCUT2D eigenvalue weighted by molar-refractivity contribution is 0.0952. The maximum atomic E-state index is 12.3. The van der Waals surface area contributed by atoms with Gasteiger partial charge in [0.05, 0.1) is 18.1 Å². The molecule has 0 fully saturated rings. The van der Waals surface area contributed by atoms with Gasteiger partial charge in [0, 0.05) is 18.7 Å². The molecule has 0 aliphatic carbocycles. The van der Waals surface area contributed by atoms with Gasteiger partial charge in [0.15, 0.2) is 0 Å². The standard InChI is InChI=1S/C20H23N3O2/c1-14-9-10-16(13-19(14)25-3)20(24)21-11-6-12-23-15(2)22-17-7-4-5-8-18(17)23/h4-5,7-10,13H,6,11-12H2,1-3H3,(H,21,24). The topological polar surface area (TPSA) is 56.1 Å². The molecule has 0 bridgehead atoms. The average Bonchev–Trinajstić information content (AvgIpc) is 2.94. The van der Waals surface area contributed by atoms with Crippen molar-refractivity contribution in [2.24, 2.45) is 0 Å². The summed E-state index contributed by atoms with van der Waals surface area (Å²) in [6.07, 6.45) is 0.843. The van der Waals surface area contributed by atoms with Crippen LogP contribution in [0.1, 0.15) is 28.2 Å². The molecule has 5 heteroatoms. The summed E-state index contributed by atoms with van der Waals surface area (Å²) in [7, 11) is 1.61. The van der Waals surface area contributed by atoms with Crippen LogP contribution in [-0.4, -0.2) is 29.1 Å². The first kappa shape index (κ1) is 17.0. The number of carbonyl (C=O) groups is 1.